The van der Waals surface area contributed by atoms with Gasteiger partial charge in [0.1, 0.15) is 0 Å². The molecule has 0 bridgehead atoms. The largest absolute Gasteiger partial charge is 0.348 e. The van der Waals surface area contributed by atoms with Gasteiger partial charge in [-0.3, -0.25) is 0 Å². The van der Waals surface area contributed by atoms with Crippen LogP contribution in [-0.4, -0.2) is 7.05 Å². The van der Waals surface area contributed by atoms with Gasteiger partial charge in [0.2, 0.25) is 0 Å². The smallest absolute Gasteiger partial charge is 0.0471 e. The van der Waals surface area contributed by atoms with Crippen molar-refractivity contribution in [1.29, 1.82) is 0 Å². The molecule has 0 spiro atoms. The van der Waals surface area contributed by atoms with E-state index in [1.165, 1.54) is 22.5 Å². The summed E-state index contributed by atoms with van der Waals surface area (Å²) in [5, 5.41) is 0. The van der Waals surface area contributed by atoms with E-state index in [1.54, 1.807) is 0 Å². The van der Waals surface area contributed by atoms with Crippen molar-refractivity contribution in [2.24, 2.45) is 0 Å². The Morgan fingerprint density at radius 2 is 2.17 bits per heavy atom. The summed E-state index contributed by atoms with van der Waals surface area (Å²) in [4.78, 5) is 2.19. The molecule has 0 amide bonds. The SMILES string of the molecule is C=C1Cc2cccc(C)c2N1C. The first-order valence-electron chi connectivity index (χ1n) is 4.20. The Morgan fingerprint density at radius 1 is 1.42 bits per heavy atom. The highest BCUT2D eigenvalue weighted by Gasteiger charge is 2.19. The quantitative estimate of drug-likeness (QED) is 0.562. The van der Waals surface area contributed by atoms with Gasteiger partial charge >= 0.3 is 0 Å². The molecule has 1 heteroatoms. The Balaban J connectivity index is 2.62. The van der Waals surface area contributed by atoms with Crippen LogP contribution in [0.2, 0.25) is 0 Å². The number of hydrogen-bond acceptors (Lipinski definition) is 1. The summed E-state index contributed by atoms with van der Waals surface area (Å²) >= 11 is 0. The Kier molecular flexibility index (Phi) is 1.47. The van der Waals surface area contributed by atoms with Crippen LogP contribution in [0.4, 0.5) is 5.69 Å². The first-order chi connectivity index (χ1) is 5.70. The molecule has 1 aromatic rings. The predicted molar refractivity (Wildman–Crippen MR) is 52.4 cm³/mol. The van der Waals surface area contributed by atoms with Crippen molar-refractivity contribution in [3.8, 4) is 0 Å². The van der Waals surface area contributed by atoms with E-state index in [9.17, 15) is 0 Å². The number of hydrogen-bond donors (Lipinski definition) is 0. The van der Waals surface area contributed by atoms with Gasteiger partial charge in [-0.1, -0.05) is 24.8 Å². The number of fused-ring (bicyclic) bond motifs is 1. The number of allylic oxidation sites excluding steroid dienone is 1. The summed E-state index contributed by atoms with van der Waals surface area (Å²) in [5.41, 5.74) is 5.29. The zero-order valence-corrected chi connectivity index (χ0v) is 7.59. The molecular weight excluding hydrogens is 146 g/mol. The lowest BCUT2D eigenvalue weighted by atomic mass is 10.1. The van der Waals surface area contributed by atoms with Crippen LogP contribution in [0.3, 0.4) is 0 Å². The molecule has 12 heavy (non-hydrogen) atoms. The molecule has 0 saturated heterocycles. The zero-order chi connectivity index (χ0) is 8.72. The Hall–Kier alpha value is -1.24. The summed E-state index contributed by atoms with van der Waals surface area (Å²) in [5.74, 6) is 0. The van der Waals surface area contributed by atoms with Crippen molar-refractivity contribution < 1.29 is 0 Å². The minimum atomic E-state index is 1.01. The van der Waals surface area contributed by atoms with Gasteiger partial charge in [0.05, 0.1) is 0 Å². The van der Waals surface area contributed by atoms with Crippen LogP contribution >= 0.6 is 0 Å². The Morgan fingerprint density at radius 3 is 2.83 bits per heavy atom. The molecule has 0 radical (unpaired) electrons. The van der Waals surface area contributed by atoms with Crippen molar-refractivity contribution >= 4 is 5.69 Å². The normalized spacial score (nSPS) is 15.2. The standard InChI is InChI=1S/C11H13N/c1-8-5-4-6-10-7-9(2)12(3)11(8)10/h4-6H,2,7H2,1,3H3. The molecule has 0 saturated carbocycles. The fourth-order valence-electron chi connectivity index (χ4n) is 1.84. The number of rotatable bonds is 0. The van der Waals surface area contributed by atoms with Gasteiger partial charge in [-0.25, -0.2) is 0 Å². The first kappa shape index (κ1) is 7.41. The van der Waals surface area contributed by atoms with Gasteiger partial charge in [0, 0.05) is 24.9 Å². The second-order valence-electron chi connectivity index (χ2n) is 3.38. The highest BCUT2D eigenvalue weighted by molar-refractivity contribution is 5.67. The first-order valence-corrected chi connectivity index (χ1v) is 4.20. The van der Waals surface area contributed by atoms with Crippen molar-refractivity contribution in [3.05, 3.63) is 41.6 Å². The molecule has 0 atom stereocenters. The number of benzene rings is 1. The van der Waals surface area contributed by atoms with E-state index in [0.717, 1.165) is 6.42 Å². The molecule has 2 rings (SSSR count). The second-order valence-corrected chi connectivity index (χ2v) is 3.38. The topological polar surface area (TPSA) is 3.24 Å². The molecule has 0 aliphatic carbocycles. The average Bonchev–Trinajstić information content (AvgIpc) is 2.29. The van der Waals surface area contributed by atoms with E-state index in [-0.39, 0.29) is 0 Å². The van der Waals surface area contributed by atoms with E-state index in [4.69, 9.17) is 0 Å². The number of aryl methyl sites for hydroxylation is 1. The number of nitrogens with zero attached hydrogens (tertiary/aromatic N) is 1. The zero-order valence-electron chi connectivity index (χ0n) is 7.59. The van der Waals surface area contributed by atoms with E-state index < -0.39 is 0 Å². The van der Waals surface area contributed by atoms with Crippen LogP contribution in [0, 0.1) is 6.92 Å². The van der Waals surface area contributed by atoms with E-state index in [0.29, 0.717) is 0 Å². The number of para-hydroxylation sites is 1. The van der Waals surface area contributed by atoms with Crippen LogP contribution < -0.4 is 4.90 Å². The Bertz CT molecular complexity index is 339. The monoisotopic (exact) mass is 159 g/mol. The molecule has 0 fully saturated rings. The minimum absolute atomic E-state index is 1.01. The lowest BCUT2D eigenvalue weighted by Crippen LogP contribution is -2.10. The lowest BCUT2D eigenvalue weighted by molar-refractivity contribution is 1.10. The second kappa shape index (κ2) is 2.37. The maximum absolute atomic E-state index is 4.02. The third-order valence-corrected chi connectivity index (χ3v) is 2.53. The molecule has 1 aliphatic heterocycles. The predicted octanol–water partition coefficient (Wildman–Crippen LogP) is 2.50. The summed E-state index contributed by atoms with van der Waals surface area (Å²) in [6, 6.07) is 6.44. The lowest BCUT2D eigenvalue weighted by Gasteiger charge is -2.15. The fraction of sp³-hybridized carbons (Fsp3) is 0.273. The van der Waals surface area contributed by atoms with Gasteiger partial charge in [-0.2, -0.15) is 0 Å². The van der Waals surface area contributed by atoms with Crippen molar-refractivity contribution in [3.63, 3.8) is 0 Å². The van der Waals surface area contributed by atoms with Crippen LogP contribution in [0.15, 0.2) is 30.5 Å². The van der Waals surface area contributed by atoms with Crippen LogP contribution in [0.1, 0.15) is 11.1 Å². The fourth-order valence-corrected chi connectivity index (χ4v) is 1.84. The highest BCUT2D eigenvalue weighted by atomic mass is 15.1. The average molecular weight is 159 g/mol. The van der Waals surface area contributed by atoms with Crippen LogP contribution in [-0.2, 0) is 6.42 Å². The molecule has 0 aromatic heterocycles. The molecule has 1 aliphatic rings. The van der Waals surface area contributed by atoms with E-state index in [1.807, 2.05) is 0 Å². The van der Waals surface area contributed by atoms with Crippen LogP contribution in [0.25, 0.3) is 0 Å². The number of likely N-dealkylation sites (N-methyl/N-ethyl adjacent to an activating group) is 1. The van der Waals surface area contributed by atoms with Crippen LogP contribution in [0.5, 0.6) is 0 Å². The summed E-state index contributed by atoms with van der Waals surface area (Å²) in [7, 11) is 2.08. The van der Waals surface area contributed by atoms with Gasteiger partial charge in [0.15, 0.2) is 0 Å². The van der Waals surface area contributed by atoms with Crippen molar-refractivity contribution in [2.45, 2.75) is 13.3 Å². The van der Waals surface area contributed by atoms with E-state index in [2.05, 4.69) is 43.6 Å². The van der Waals surface area contributed by atoms with Gasteiger partial charge in [-0.05, 0) is 18.1 Å². The maximum atomic E-state index is 4.02. The minimum Gasteiger partial charge on any atom is -0.348 e. The maximum Gasteiger partial charge on any atom is 0.0471 e. The summed E-state index contributed by atoms with van der Waals surface area (Å²) in [6.07, 6.45) is 1.01. The number of anilines is 1. The third-order valence-electron chi connectivity index (χ3n) is 2.53. The van der Waals surface area contributed by atoms with Gasteiger partial charge in [0.25, 0.3) is 0 Å². The van der Waals surface area contributed by atoms with Gasteiger partial charge < -0.3 is 4.90 Å². The Labute approximate surface area is 73.3 Å². The molecular formula is C11H13N. The molecule has 0 N–H and O–H groups in total. The molecule has 1 aromatic carbocycles. The summed E-state index contributed by atoms with van der Waals surface area (Å²) in [6.45, 7) is 6.16. The third kappa shape index (κ3) is 0.860. The highest BCUT2D eigenvalue weighted by Crippen LogP contribution is 2.34. The molecule has 0 unspecified atom stereocenters. The molecule has 62 valence electrons. The van der Waals surface area contributed by atoms with Crippen molar-refractivity contribution in [1.82, 2.24) is 0 Å². The van der Waals surface area contributed by atoms with Crippen molar-refractivity contribution in [2.75, 3.05) is 11.9 Å². The molecule has 1 nitrogen and oxygen atoms in total. The summed E-state index contributed by atoms with van der Waals surface area (Å²) < 4.78 is 0. The van der Waals surface area contributed by atoms with E-state index >= 15 is 0 Å². The van der Waals surface area contributed by atoms with Gasteiger partial charge in [-0.15, -0.1) is 0 Å². The molecule has 1 heterocycles.